The van der Waals surface area contributed by atoms with Gasteiger partial charge in [-0.2, -0.15) is 0 Å². The Balaban J connectivity index is 1.36. The molecule has 5 aliphatic heterocycles. The molecule has 1 amide bonds. The van der Waals surface area contributed by atoms with Crippen molar-refractivity contribution in [3.8, 4) is 5.75 Å². The number of nitrogens with zero attached hydrogens (tertiary/aromatic N) is 3. The maximum atomic E-state index is 15.2. The van der Waals surface area contributed by atoms with Crippen molar-refractivity contribution in [1.29, 1.82) is 0 Å². The first kappa shape index (κ1) is 37.6. The Kier molecular flexibility index (Phi) is 8.59. The van der Waals surface area contributed by atoms with Crippen molar-refractivity contribution in [3.05, 3.63) is 70.9 Å². The van der Waals surface area contributed by atoms with Gasteiger partial charge in [-0.25, -0.2) is 0 Å². The number of ether oxygens (including phenoxy) is 2. The second-order valence-corrected chi connectivity index (χ2v) is 17.7. The van der Waals surface area contributed by atoms with E-state index >= 15 is 4.79 Å². The zero-order valence-electron chi connectivity index (χ0n) is 33.5. The van der Waals surface area contributed by atoms with Crippen molar-refractivity contribution in [2.45, 2.75) is 92.6 Å². The highest BCUT2D eigenvalue weighted by molar-refractivity contribution is 5.95. The number of aliphatic hydroxyl groups excluding tert-OH is 1. The van der Waals surface area contributed by atoms with Crippen molar-refractivity contribution in [2.24, 2.45) is 11.3 Å². The normalized spacial score (nSPS) is 38.4. The SMILES string of the molecule is CCC1(O)CC2CN(CCc3c([nH]c4ccccc34)C(C(=O)OC)(c3cc4c(cc3OC)N(C)C3C(O)(C(=O)NC)C(O)C5(CC)C=CCN6CCC43C65)C2)C1. The number of fused-ring (bicyclic) bond motifs is 6. The van der Waals surface area contributed by atoms with Gasteiger partial charge in [0.2, 0.25) is 0 Å². The first-order chi connectivity index (χ1) is 26.8. The van der Waals surface area contributed by atoms with Crippen LogP contribution in [0, 0.1) is 11.3 Å². The number of piperidine rings is 1. The first-order valence-electron chi connectivity index (χ1n) is 20.5. The van der Waals surface area contributed by atoms with Crippen LogP contribution in [0.4, 0.5) is 5.69 Å². The van der Waals surface area contributed by atoms with E-state index in [0.29, 0.717) is 69.5 Å². The quantitative estimate of drug-likeness (QED) is 0.187. The lowest BCUT2D eigenvalue weighted by atomic mass is 9.47. The number of aromatic nitrogens is 1. The van der Waals surface area contributed by atoms with Crippen molar-refractivity contribution >= 4 is 28.5 Å². The highest BCUT2D eigenvalue weighted by Crippen LogP contribution is 2.67. The van der Waals surface area contributed by atoms with Crippen LogP contribution in [0.5, 0.6) is 5.75 Å². The number of aliphatic hydroxyl groups is 3. The third-order valence-corrected chi connectivity index (χ3v) is 15.4. The zero-order chi connectivity index (χ0) is 39.6. The van der Waals surface area contributed by atoms with E-state index in [1.807, 2.05) is 56.1 Å². The summed E-state index contributed by atoms with van der Waals surface area (Å²) in [7, 11) is 6.46. The summed E-state index contributed by atoms with van der Waals surface area (Å²) in [6.07, 6.45) is 6.01. The molecule has 12 heteroatoms. The average molecular weight is 768 g/mol. The van der Waals surface area contributed by atoms with E-state index in [2.05, 4.69) is 38.3 Å². The van der Waals surface area contributed by atoms with Crippen molar-refractivity contribution < 1.29 is 34.4 Å². The molecule has 6 aliphatic rings. The standard InChI is InChI=1S/C44H57N5O7/c1-7-40(53)22-26-23-43(39(52)56-6,34-28(14-18-48(24-26)25-40)27-12-9-10-13-31(27)46-34)30-20-29-32(21-33(30)55-5)47(4)36-42(29)16-19-49-17-11-15-41(8-2,35(42)49)37(50)44(36,54)38(51)45-3/h9-13,15,20-21,26,35-37,46,50,53-54H,7-8,14,16-19,22-25H2,1-6H3,(H,45,51). The number of methoxy groups -OCH3 is 2. The van der Waals surface area contributed by atoms with Crippen molar-refractivity contribution in [1.82, 2.24) is 20.1 Å². The van der Waals surface area contributed by atoms with Crippen LogP contribution in [-0.2, 0) is 31.6 Å². The number of nitrogens with one attached hydrogen (secondary N) is 2. The van der Waals surface area contributed by atoms with Crippen LogP contribution in [-0.4, -0.2) is 132 Å². The molecule has 9 rings (SSSR count). The van der Waals surface area contributed by atoms with Crippen LogP contribution in [0.3, 0.4) is 0 Å². The maximum Gasteiger partial charge on any atom is 0.322 e. The summed E-state index contributed by atoms with van der Waals surface area (Å²) >= 11 is 0. The molecule has 1 saturated carbocycles. The van der Waals surface area contributed by atoms with E-state index in [0.717, 1.165) is 46.5 Å². The molecule has 1 spiro atoms. The summed E-state index contributed by atoms with van der Waals surface area (Å²) in [5.41, 5.74) is -1.12. The fraction of sp³-hybridized carbons (Fsp3) is 0.591. The summed E-state index contributed by atoms with van der Waals surface area (Å²) in [4.78, 5) is 39.9. The van der Waals surface area contributed by atoms with Gasteiger partial charge in [-0.15, -0.1) is 0 Å². The minimum absolute atomic E-state index is 0.0712. The summed E-state index contributed by atoms with van der Waals surface area (Å²) < 4.78 is 12.3. The number of carbonyl (C=O) groups excluding carboxylic acids is 2. The Morgan fingerprint density at radius 1 is 1.04 bits per heavy atom. The second kappa shape index (κ2) is 12.8. The van der Waals surface area contributed by atoms with Gasteiger partial charge in [0.1, 0.15) is 17.3 Å². The molecule has 2 saturated heterocycles. The minimum Gasteiger partial charge on any atom is -0.496 e. The van der Waals surface area contributed by atoms with Gasteiger partial charge in [0.15, 0.2) is 5.60 Å². The van der Waals surface area contributed by atoms with Crippen molar-refractivity contribution in [3.63, 3.8) is 0 Å². The van der Waals surface area contributed by atoms with Gasteiger partial charge >= 0.3 is 5.97 Å². The Morgan fingerprint density at radius 3 is 2.54 bits per heavy atom. The number of H-pyrrole nitrogens is 1. The lowest BCUT2D eigenvalue weighted by Gasteiger charge is -2.63. The Morgan fingerprint density at radius 2 is 1.82 bits per heavy atom. The van der Waals surface area contributed by atoms with Gasteiger partial charge in [0.25, 0.3) is 5.91 Å². The van der Waals surface area contributed by atoms with Gasteiger partial charge < -0.3 is 40.0 Å². The summed E-state index contributed by atoms with van der Waals surface area (Å²) in [5, 5.41) is 41.1. The van der Waals surface area contributed by atoms with Gasteiger partial charge in [-0.3, -0.25) is 19.4 Å². The van der Waals surface area contributed by atoms with Crippen molar-refractivity contribution in [2.75, 3.05) is 65.9 Å². The molecular weight excluding hydrogens is 711 g/mol. The Hall–Kier alpha value is -3.94. The number of aromatic amines is 1. The molecule has 5 N–H and O–H groups in total. The highest BCUT2D eigenvalue weighted by Gasteiger charge is 2.78. The molecule has 1 aliphatic carbocycles. The summed E-state index contributed by atoms with van der Waals surface area (Å²) in [6.45, 7) is 7.49. The van der Waals surface area contributed by atoms with Crippen LogP contribution < -0.4 is 15.0 Å². The second-order valence-electron chi connectivity index (χ2n) is 17.7. The summed E-state index contributed by atoms with van der Waals surface area (Å²) in [6, 6.07) is 11.2. The fourth-order valence-electron chi connectivity index (χ4n) is 13.2. The van der Waals surface area contributed by atoms with E-state index in [4.69, 9.17) is 9.47 Å². The maximum absolute atomic E-state index is 15.2. The predicted molar refractivity (Wildman–Crippen MR) is 213 cm³/mol. The van der Waals surface area contributed by atoms with Crippen LogP contribution in [0.1, 0.15) is 68.3 Å². The van der Waals surface area contributed by atoms with Crippen LogP contribution >= 0.6 is 0 Å². The van der Waals surface area contributed by atoms with E-state index in [-0.39, 0.29) is 12.0 Å². The van der Waals surface area contributed by atoms with E-state index < -0.39 is 51.5 Å². The van der Waals surface area contributed by atoms with Gasteiger partial charge in [-0.05, 0) is 74.2 Å². The number of amides is 1. The molecule has 6 heterocycles. The molecule has 2 aromatic carbocycles. The lowest BCUT2D eigenvalue weighted by Crippen LogP contribution is -2.81. The van der Waals surface area contributed by atoms with E-state index in [9.17, 15) is 20.1 Å². The topological polar surface area (TPSA) is 151 Å². The smallest absolute Gasteiger partial charge is 0.322 e. The van der Waals surface area contributed by atoms with Gasteiger partial charge in [0, 0.05) is 91.1 Å². The minimum atomic E-state index is -2.18. The highest BCUT2D eigenvalue weighted by atomic mass is 16.5. The summed E-state index contributed by atoms with van der Waals surface area (Å²) in [5.74, 6) is -0.624. The zero-order valence-corrected chi connectivity index (χ0v) is 33.5. The molecule has 2 bridgehead atoms. The number of benzene rings is 2. The van der Waals surface area contributed by atoms with Gasteiger partial charge in [0.05, 0.1) is 25.9 Å². The number of anilines is 1. The molecule has 3 fully saturated rings. The third-order valence-electron chi connectivity index (χ3n) is 15.4. The largest absolute Gasteiger partial charge is 0.496 e. The number of rotatable bonds is 6. The monoisotopic (exact) mass is 767 g/mol. The molecule has 0 radical (unpaired) electrons. The van der Waals surface area contributed by atoms with E-state index in [1.54, 1.807) is 7.11 Å². The molecule has 56 heavy (non-hydrogen) atoms. The van der Waals surface area contributed by atoms with Gasteiger partial charge in [-0.1, -0.05) is 44.2 Å². The van der Waals surface area contributed by atoms with E-state index in [1.165, 1.54) is 14.2 Å². The first-order valence-corrected chi connectivity index (χ1v) is 20.5. The number of hydrogen-bond acceptors (Lipinski definition) is 10. The molecule has 300 valence electrons. The molecule has 10 unspecified atom stereocenters. The third kappa shape index (κ3) is 4.59. The molecule has 10 atom stereocenters. The van der Waals surface area contributed by atoms with Crippen LogP contribution in [0.2, 0.25) is 0 Å². The number of hydrogen-bond donors (Lipinski definition) is 5. The lowest BCUT2D eigenvalue weighted by molar-refractivity contribution is -0.203. The van der Waals surface area contributed by atoms with Crippen LogP contribution in [0.25, 0.3) is 10.9 Å². The molecule has 1 aromatic heterocycles. The number of para-hydroxylation sites is 1. The molecular formula is C44H57N5O7. The Bertz CT molecular complexity index is 2140. The fourth-order valence-corrected chi connectivity index (χ4v) is 13.2. The number of carbonyl (C=O) groups is 2. The van der Waals surface area contributed by atoms with Crippen LogP contribution in [0.15, 0.2) is 48.6 Å². The molecule has 12 nitrogen and oxygen atoms in total. The number of likely N-dealkylation sites (N-methyl/N-ethyl adjacent to an activating group) is 2. The average Bonchev–Trinajstić information content (AvgIpc) is 3.87. The predicted octanol–water partition coefficient (Wildman–Crippen LogP) is 2.99. The Labute approximate surface area is 328 Å². The molecule has 3 aromatic rings. The number of esters is 1.